The Labute approximate surface area is 200 Å². The van der Waals surface area contributed by atoms with Gasteiger partial charge in [-0.15, -0.1) is 0 Å². The third kappa shape index (κ3) is 6.56. The minimum Gasteiger partial charge on any atom is -0.251 e. The number of unbranched alkanes of at least 4 members (excludes halogenated alkanes) is 2. The van der Waals surface area contributed by atoms with Crippen molar-refractivity contribution in [2.45, 2.75) is 77.0 Å². The van der Waals surface area contributed by atoms with Crippen molar-refractivity contribution < 1.29 is 4.39 Å². The van der Waals surface area contributed by atoms with Gasteiger partial charge in [-0.2, -0.15) is 0 Å². The highest BCUT2D eigenvalue weighted by Crippen LogP contribution is 2.38. The molecule has 33 heavy (non-hydrogen) atoms. The molecule has 0 nitrogen and oxygen atoms in total. The van der Waals surface area contributed by atoms with Crippen LogP contribution in [0.3, 0.4) is 0 Å². The summed E-state index contributed by atoms with van der Waals surface area (Å²) in [5.74, 6) is 1.72. The van der Waals surface area contributed by atoms with Crippen molar-refractivity contribution in [3.8, 4) is 22.3 Å². The molecule has 0 radical (unpaired) electrons. The van der Waals surface area contributed by atoms with E-state index in [0.717, 1.165) is 24.7 Å². The summed E-state index contributed by atoms with van der Waals surface area (Å²) in [5.41, 5.74) is 7.86. The molecule has 174 valence electrons. The van der Waals surface area contributed by atoms with Crippen LogP contribution in [0.2, 0.25) is 0 Å². The average molecular weight is 443 g/mol. The van der Waals surface area contributed by atoms with Gasteiger partial charge in [-0.1, -0.05) is 99.0 Å². The molecule has 0 spiro atoms. The Kier molecular flexibility index (Phi) is 8.75. The van der Waals surface area contributed by atoms with Crippen molar-refractivity contribution in [3.63, 3.8) is 0 Å². The summed E-state index contributed by atoms with van der Waals surface area (Å²) in [6, 6.07) is 27.0. The maximum absolute atomic E-state index is 12.3. The molecule has 1 fully saturated rings. The molecule has 1 aliphatic carbocycles. The Morgan fingerprint density at radius 1 is 0.636 bits per heavy atom. The first kappa shape index (κ1) is 23.7. The number of alkyl halides is 1. The quantitative estimate of drug-likeness (QED) is 0.274. The Hall–Kier alpha value is -2.41. The molecule has 0 saturated heterocycles. The van der Waals surface area contributed by atoms with E-state index >= 15 is 0 Å². The van der Waals surface area contributed by atoms with Crippen LogP contribution in [0.15, 0.2) is 72.8 Å². The van der Waals surface area contributed by atoms with Gasteiger partial charge in [-0.3, -0.25) is 4.39 Å². The van der Waals surface area contributed by atoms with E-state index in [-0.39, 0.29) is 6.67 Å². The molecular formula is C32H39F. The van der Waals surface area contributed by atoms with E-state index in [1.165, 1.54) is 78.3 Å². The molecule has 0 aromatic heterocycles. The van der Waals surface area contributed by atoms with Crippen LogP contribution in [-0.2, 0) is 6.42 Å². The van der Waals surface area contributed by atoms with Crippen molar-refractivity contribution in [3.05, 3.63) is 83.9 Å². The third-order valence-electron chi connectivity index (χ3n) is 7.55. The minimum absolute atomic E-state index is 0.215. The summed E-state index contributed by atoms with van der Waals surface area (Å²) in [7, 11) is 0. The van der Waals surface area contributed by atoms with Crippen molar-refractivity contribution >= 4 is 0 Å². The number of rotatable bonds is 10. The second-order valence-corrected chi connectivity index (χ2v) is 9.90. The molecule has 0 N–H and O–H groups in total. The SMILES string of the molecule is CCCC[C@H]1CC[C@H](c2ccc(-c3ccc(-c4ccc(CCCCF)cc4)cc3)cc2)CC1. The summed E-state index contributed by atoms with van der Waals surface area (Å²) in [4.78, 5) is 0. The highest BCUT2D eigenvalue weighted by Gasteiger charge is 2.21. The first-order valence-electron chi connectivity index (χ1n) is 13.1. The smallest absolute Gasteiger partial charge is 0.0894 e. The van der Waals surface area contributed by atoms with Gasteiger partial charge in [0.05, 0.1) is 6.67 Å². The fourth-order valence-electron chi connectivity index (χ4n) is 5.37. The fraction of sp³-hybridized carbons (Fsp3) is 0.438. The first-order valence-corrected chi connectivity index (χ1v) is 13.1. The Bertz CT molecular complexity index is 945. The molecule has 0 amide bonds. The number of aryl methyl sites for hydroxylation is 1. The first-order chi connectivity index (χ1) is 16.3. The van der Waals surface area contributed by atoms with Crippen LogP contribution in [0.1, 0.15) is 81.8 Å². The van der Waals surface area contributed by atoms with Crippen LogP contribution in [0.25, 0.3) is 22.3 Å². The molecule has 0 heterocycles. The lowest BCUT2D eigenvalue weighted by atomic mass is 9.77. The van der Waals surface area contributed by atoms with Gasteiger partial charge in [-0.05, 0) is 90.2 Å². The topological polar surface area (TPSA) is 0 Å². The summed E-state index contributed by atoms with van der Waals surface area (Å²) < 4.78 is 12.3. The van der Waals surface area contributed by atoms with Gasteiger partial charge in [0.15, 0.2) is 0 Å². The van der Waals surface area contributed by atoms with Crippen LogP contribution < -0.4 is 0 Å². The lowest BCUT2D eigenvalue weighted by Crippen LogP contribution is -2.13. The molecule has 0 unspecified atom stereocenters. The monoisotopic (exact) mass is 442 g/mol. The van der Waals surface area contributed by atoms with Crippen molar-refractivity contribution in [2.75, 3.05) is 6.67 Å². The van der Waals surface area contributed by atoms with Gasteiger partial charge in [-0.25, -0.2) is 0 Å². The molecule has 1 saturated carbocycles. The van der Waals surface area contributed by atoms with Crippen LogP contribution >= 0.6 is 0 Å². The standard InChI is InChI=1S/C32H39F/c1-2-3-6-25-8-12-27(13-9-25)29-16-20-31(21-17-29)32-22-18-30(19-23-32)28-14-10-26(11-15-28)7-4-5-24-33/h10-11,14-23,25,27H,2-9,12-13,24H2,1H3/t25-,27-. The van der Waals surface area contributed by atoms with E-state index in [2.05, 4.69) is 79.7 Å². The molecule has 3 aromatic carbocycles. The molecule has 1 aliphatic rings. The van der Waals surface area contributed by atoms with Gasteiger partial charge >= 0.3 is 0 Å². The van der Waals surface area contributed by atoms with Crippen LogP contribution in [0, 0.1) is 5.92 Å². The molecule has 4 rings (SSSR count). The minimum atomic E-state index is -0.215. The molecule has 0 aliphatic heterocycles. The van der Waals surface area contributed by atoms with Crippen molar-refractivity contribution in [2.24, 2.45) is 5.92 Å². The predicted molar refractivity (Wildman–Crippen MR) is 140 cm³/mol. The second kappa shape index (κ2) is 12.2. The molecular weight excluding hydrogens is 403 g/mol. The predicted octanol–water partition coefficient (Wildman–Crippen LogP) is 9.78. The van der Waals surface area contributed by atoms with E-state index in [4.69, 9.17) is 0 Å². The number of hydrogen-bond acceptors (Lipinski definition) is 0. The van der Waals surface area contributed by atoms with Crippen molar-refractivity contribution in [1.29, 1.82) is 0 Å². The Morgan fingerprint density at radius 3 is 1.67 bits per heavy atom. The number of halogens is 1. The highest BCUT2D eigenvalue weighted by molar-refractivity contribution is 5.70. The zero-order valence-corrected chi connectivity index (χ0v) is 20.2. The molecule has 1 heteroatoms. The average Bonchev–Trinajstić information content (AvgIpc) is 2.89. The summed E-state index contributed by atoms with van der Waals surface area (Å²) in [6.07, 6.45) is 12.2. The Morgan fingerprint density at radius 2 is 1.15 bits per heavy atom. The summed E-state index contributed by atoms with van der Waals surface area (Å²) >= 11 is 0. The fourth-order valence-corrected chi connectivity index (χ4v) is 5.37. The van der Waals surface area contributed by atoms with Crippen molar-refractivity contribution in [1.82, 2.24) is 0 Å². The van der Waals surface area contributed by atoms with E-state index < -0.39 is 0 Å². The van der Waals surface area contributed by atoms with Gasteiger partial charge in [0.1, 0.15) is 0 Å². The van der Waals surface area contributed by atoms with Crippen LogP contribution in [0.4, 0.5) is 4.39 Å². The summed E-state index contributed by atoms with van der Waals surface area (Å²) in [5, 5.41) is 0. The zero-order valence-electron chi connectivity index (χ0n) is 20.2. The maximum atomic E-state index is 12.3. The highest BCUT2D eigenvalue weighted by atomic mass is 19.1. The lowest BCUT2D eigenvalue weighted by molar-refractivity contribution is 0.304. The van der Waals surface area contributed by atoms with Gasteiger partial charge in [0, 0.05) is 0 Å². The largest absolute Gasteiger partial charge is 0.251 e. The van der Waals surface area contributed by atoms with E-state index in [1.54, 1.807) is 0 Å². The molecule has 0 bridgehead atoms. The van der Waals surface area contributed by atoms with Gasteiger partial charge in [0.2, 0.25) is 0 Å². The second-order valence-electron chi connectivity index (χ2n) is 9.90. The molecule has 0 atom stereocenters. The van der Waals surface area contributed by atoms with E-state index in [1.807, 2.05) is 0 Å². The van der Waals surface area contributed by atoms with Gasteiger partial charge < -0.3 is 0 Å². The lowest BCUT2D eigenvalue weighted by Gasteiger charge is -2.29. The van der Waals surface area contributed by atoms with Gasteiger partial charge in [0.25, 0.3) is 0 Å². The van der Waals surface area contributed by atoms with E-state index in [9.17, 15) is 4.39 Å². The number of benzene rings is 3. The van der Waals surface area contributed by atoms with Crippen LogP contribution in [0.5, 0.6) is 0 Å². The Balaban J connectivity index is 1.34. The van der Waals surface area contributed by atoms with E-state index in [0.29, 0.717) is 6.42 Å². The third-order valence-corrected chi connectivity index (χ3v) is 7.55. The summed E-state index contributed by atoms with van der Waals surface area (Å²) in [6.45, 7) is 2.09. The maximum Gasteiger partial charge on any atom is 0.0894 e. The van der Waals surface area contributed by atoms with Crippen LogP contribution in [-0.4, -0.2) is 6.67 Å². The number of hydrogen-bond donors (Lipinski definition) is 0. The normalized spacial score (nSPS) is 18.4. The molecule has 3 aromatic rings. The zero-order chi connectivity index (χ0) is 22.9.